The van der Waals surface area contributed by atoms with E-state index in [0.29, 0.717) is 13.1 Å². The first kappa shape index (κ1) is 24.6. The topological polar surface area (TPSA) is 56.8 Å². The van der Waals surface area contributed by atoms with E-state index in [1.165, 1.54) is 11.1 Å². The Morgan fingerprint density at radius 3 is 2.37 bits per heavy atom. The lowest BCUT2D eigenvalue weighted by Crippen LogP contribution is -2.47. The molecule has 0 aliphatic carbocycles. The summed E-state index contributed by atoms with van der Waals surface area (Å²) in [5.74, 6) is 0.928. The molecule has 0 unspecified atom stereocenters. The maximum atomic E-state index is 12.4. The largest absolute Gasteiger partial charge is 0.495 e. The third-order valence-electron chi connectivity index (χ3n) is 6.55. The number of amides is 2. The van der Waals surface area contributed by atoms with Gasteiger partial charge in [0.05, 0.1) is 12.8 Å². The number of urea groups is 1. The monoisotopic (exact) mass is 472 g/mol. The van der Waals surface area contributed by atoms with Crippen molar-refractivity contribution < 1.29 is 9.53 Å². The number of para-hydroxylation sites is 2. The molecule has 2 amide bonds. The summed E-state index contributed by atoms with van der Waals surface area (Å²) in [6, 6.07) is 24.8. The molecular formula is C29H36N4O2. The first-order valence-electron chi connectivity index (χ1n) is 12.4. The lowest BCUT2D eigenvalue weighted by atomic mass is 9.99. The van der Waals surface area contributed by atoms with Gasteiger partial charge in [0, 0.05) is 39.3 Å². The van der Waals surface area contributed by atoms with Crippen molar-refractivity contribution in [3.05, 3.63) is 83.9 Å². The highest BCUT2D eigenvalue weighted by Crippen LogP contribution is 2.28. The van der Waals surface area contributed by atoms with E-state index in [4.69, 9.17) is 4.74 Å². The zero-order valence-corrected chi connectivity index (χ0v) is 20.8. The second kappa shape index (κ2) is 12.3. The minimum absolute atomic E-state index is 0.121. The third kappa shape index (κ3) is 6.76. The summed E-state index contributed by atoms with van der Waals surface area (Å²) in [5.41, 5.74) is 5.83. The molecule has 184 valence electrons. The Hall–Kier alpha value is -3.51. The molecule has 1 heterocycles. The number of methoxy groups -OCH3 is 1. The van der Waals surface area contributed by atoms with Gasteiger partial charge in [0.25, 0.3) is 0 Å². The van der Waals surface area contributed by atoms with Crippen molar-refractivity contribution in [2.45, 2.75) is 19.9 Å². The number of ether oxygens (including phenoxy) is 1. The standard InChI is InChI=1S/C29H36N4O2/c1-23-12-14-24(15-13-23)26-9-4-3-8-25(26)22-31-29(34)30-16-7-17-32-18-20-33(21-19-32)27-10-5-6-11-28(27)35-2/h3-6,8-15H,7,16-22H2,1-2H3,(H2,30,31,34). The Labute approximate surface area is 208 Å². The number of carbonyl (C=O) groups excluding carboxylic acids is 1. The van der Waals surface area contributed by atoms with Crippen LogP contribution >= 0.6 is 0 Å². The molecule has 1 fully saturated rings. The number of carbonyl (C=O) groups is 1. The van der Waals surface area contributed by atoms with Crippen LogP contribution in [-0.2, 0) is 6.54 Å². The van der Waals surface area contributed by atoms with Gasteiger partial charge in [-0.2, -0.15) is 0 Å². The van der Waals surface area contributed by atoms with Crippen molar-refractivity contribution in [2.24, 2.45) is 0 Å². The summed E-state index contributed by atoms with van der Waals surface area (Å²) in [5, 5.41) is 6.02. The van der Waals surface area contributed by atoms with Crippen molar-refractivity contribution in [1.82, 2.24) is 15.5 Å². The molecule has 0 bridgehead atoms. The number of aryl methyl sites for hydroxylation is 1. The molecule has 1 aliphatic rings. The highest BCUT2D eigenvalue weighted by molar-refractivity contribution is 5.74. The third-order valence-corrected chi connectivity index (χ3v) is 6.55. The van der Waals surface area contributed by atoms with Crippen LogP contribution in [0.15, 0.2) is 72.8 Å². The summed E-state index contributed by atoms with van der Waals surface area (Å²) in [6.45, 7) is 8.22. The Morgan fingerprint density at radius 2 is 1.60 bits per heavy atom. The second-order valence-electron chi connectivity index (χ2n) is 8.99. The van der Waals surface area contributed by atoms with Gasteiger partial charge in [-0.3, -0.25) is 4.90 Å². The summed E-state index contributed by atoms with van der Waals surface area (Å²) < 4.78 is 5.51. The van der Waals surface area contributed by atoms with Crippen molar-refractivity contribution >= 4 is 11.7 Å². The predicted molar refractivity (Wildman–Crippen MR) is 143 cm³/mol. The molecule has 1 aliphatic heterocycles. The average molecular weight is 473 g/mol. The molecule has 35 heavy (non-hydrogen) atoms. The number of benzene rings is 3. The van der Waals surface area contributed by atoms with Crippen LogP contribution in [-0.4, -0.2) is 57.3 Å². The fraction of sp³-hybridized carbons (Fsp3) is 0.345. The molecule has 1 saturated heterocycles. The van der Waals surface area contributed by atoms with Crippen molar-refractivity contribution in [3.8, 4) is 16.9 Å². The molecule has 3 aromatic rings. The fourth-order valence-corrected chi connectivity index (χ4v) is 4.54. The highest BCUT2D eigenvalue weighted by atomic mass is 16.5. The van der Waals surface area contributed by atoms with Gasteiger partial charge in [-0.1, -0.05) is 66.2 Å². The molecule has 3 aromatic carbocycles. The first-order valence-corrected chi connectivity index (χ1v) is 12.4. The number of nitrogens with one attached hydrogen (secondary N) is 2. The van der Waals surface area contributed by atoms with Gasteiger partial charge in [0.1, 0.15) is 5.75 Å². The number of piperazine rings is 1. The van der Waals surface area contributed by atoms with Gasteiger partial charge < -0.3 is 20.3 Å². The summed E-state index contributed by atoms with van der Waals surface area (Å²) in [7, 11) is 1.72. The van der Waals surface area contributed by atoms with Gasteiger partial charge >= 0.3 is 6.03 Å². The van der Waals surface area contributed by atoms with E-state index in [-0.39, 0.29) is 6.03 Å². The molecule has 0 atom stereocenters. The van der Waals surface area contributed by atoms with Crippen molar-refractivity contribution in [1.29, 1.82) is 0 Å². The Kier molecular flexibility index (Phi) is 8.63. The van der Waals surface area contributed by atoms with Crippen LogP contribution in [0.1, 0.15) is 17.5 Å². The molecule has 0 saturated carbocycles. The number of hydrogen-bond donors (Lipinski definition) is 2. The van der Waals surface area contributed by atoms with Crippen molar-refractivity contribution in [3.63, 3.8) is 0 Å². The van der Waals surface area contributed by atoms with Gasteiger partial charge in [-0.25, -0.2) is 4.79 Å². The number of anilines is 1. The molecule has 0 spiro atoms. The Balaban J connectivity index is 1.16. The Morgan fingerprint density at radius 1 is 0.886 bits per heavy atom. The van der Waals surface area contributed by atoms with Crippen LogP contribution in [0.5, 0.6) is 5.75 Å². The molecule has 0 aromatic heterocycles. The Bertz CT molecular complexity index is 1090. The van der Waals surface area contributed by atoms with E-state index in [0.717, 1.165) is 61.7 Å². The van der Waals surface area contributed by atoms with Crippen LogP contribution in [0.4, 0.5) is 10.5 Å². The summed E-state index contributed by atoms with van der Waals surface area (Å²) in [4.78, 5) is 17.2. The van der Waals surface area contributed by atoms with Gasteiger partial charge in [0.2, 0.25) is 0 Å². The summed E-state index contributed by atoms with van der Waals surface area (Å²) in [6.07, 6.45) is 0.933. The fourth-order valence-electron chi connectivity index (χ4n) is 4.54. The second-order valence-corrected chi connectivity index (χ2v) is 8.99. The number of nitrogens with zero attached hydrogens (tertiary/aromatic N) is 2. The molecular weight excluding hydrogens is 436 g/mol. The SMILES string of the molecule is COc1ccccc1N1CCN(CCCNC(=O)NCc2ccccc2-c2ccc(C)cc2)CC1. The van der Waals surface area contributed by atoms with E-state index in [9.17, 15) is 4.79 Å². The maximum Gasteiger partial charge on any atom is 0.315 e. The smallest absolute Gasteiger partial charge is 0.315 e. The molecule has 0 radical (unpaired) electrons. The van der Waals surface area contributed by atoms with Crippen LogP contribution in [0.3, 0.4) is 0 Å². The number of rotatable bonds is 9. The highest BCUT2D eigenvalue weighted by Gasteiger charge is 2.19. The first-order chi connectivity index (χ1) is 17.1. The molecule has 6 nitrogen and oxygen atoms in total. The van der Waals surface area contributed by atoms with E-state index < -0.39 is 0 Å². The van der Waals surface area contributed by atoms with E-state index in [1.54, 1.807) is 7.11 Å². The lowest BCUT2D eigenvalue weighted by molar-refractivity contribution is 0.235. The normalized spacial score (nSPS) is 13.9. The van der Waals surface area contributed by atoms with Gasteiger partial charge in [-0.15, -0.1) is 0 Å². The van der Waals surface area contributed by atoms with E-state index in [1.807, 2.05) is 24.3 Å². The van der Waals surface area contributed by atoms with E-state index in [2.05, 4.69) is 75.9 Å². The van der Waals surface area contributed by atoms with Crippen LogP contribution < -0.4 is 20.3 Å². The van der Waals surface area contributed by atoms with Gasteiger partial charge in [0.15, 0.2) is 0 Å². The molecule has 2 N–H and O–H groups in total. The van der Waals surface area contributed by atoms with Crippen molar-refractivity contribution in [2.75, 3.05) is 51.3 Å². The average Bonchev–Trinajstić information content (AvgIpc) is 2.91. The zero-order chi connectivity index (χ0) is 24.5. The minimum atomic E-state index is -0.121. The lowest BCUT2D eigenvalue weighted by Gasteiger charge is -2.36. The van der Waals surface area contributed by atoms with E-state index >= 15 is 0 Å². The summed E-state index contributed by atoms with van der Waals surface area (Å²) >= 11 is 0. The van der Waals surface area contributed by atoms with Crippen LogP contribution in [0, 0.1) is 6.92 Å². The predicted octanol–water partition coefficient (Wildman–Crippen LogP) is 4.68. The quantitative estimate of drug-likeness (QED) is 0.444. The minimum Gasteiger partial charge on any atom is -0.495 e. The van der Waals surface area contributed by atoms with Crippen LogP contribution in [0.2, 0.25) is 0 Å². The maximum absolute atomic E-state index is 12.4. The zero-order valence-electron chi connectivity index (χ0n) is 20.8. The van der Waals surface area contributed by atoms with Gasteiger partial charge in [-0.05, 0) is 48.7 Å². The van der Waals surface area contributed by atoms with Crippen LogP contribution in [0.25, 0.3) is 11.1 Å². The number of hydrogen-bond acceptors (Lipinski definition) is 4. The molecule has 4 rings (SSSR count). The molecule has 6 heteroatoms.